The van der Waals surface area contributed by atoms with Gasteiger partial charge < -0.3 is 10.0 Å². The van der Waals surface area contributed by atoms with E-state index in [1.807, 2.05) is 55.2 Å². The molecule has 6 rings (SSSR count). The summed E-state index contributed by atoms with van der Waals surface area (Å²) in [5.41, 5.74) is 8.36. The number of benzene rings is 3. The van der Waals surface area contributed by atoms with E-state index in [9.17, 15) is 35.8 Å². The average molecular weight is 866 g/mol. The highest BCUT2D eigenvalue weighted by Gasteiger charge is 2.44. The molecule has 0 atom stereocenters. The number of anilines is 1. The number of carboxylic acid groups (broad SMARTS) is 1. The van der Waals surface area contributed by atoms with Crippen LogP contribution in [0.1, 0.15) is 86.8 Å². The number of fused-ring (bicyclic) bond motifs is 2. The van der Waals surface area contributed by atoms with Gasteiger partial charge in [-0.25, -0.2) is 10.1 Å². The lowest BCUT2D eigenvalue weighted by Gasteiger charge is -2.27. The third-order valence-electron chi connectivity index (χ3n) is 11.3. The van der Waals surface area contributed by atoms with Crippen LogP contribution in [-0.4, -0.2) is 77.2 Å². The van der Waals surface area contributed by atoms with Crippen molar-refractivity contribution in [2.75, 3.05) is 29.5 Å². The molecule has 0 saturated heterocycles. The van der Waals surface area contributed by atoms with Gasteiger partial charge in [-0.1, -0.05) is 61.4 Å². The Kier molecular flexibility index (Phi) is 13.2. The summed E-state index contributed by atoms with van der Waals surface area (Å²) in [6.07, 6.45) is 11.4. The second-order valence-electron chi connectivity index (χ2n) is 15.8. The summed E-state index contributed by atoms with van der Waals surface area (Å²) in [6, 6.07) is 19.5. The van der Waals surface area contributed by atoms with Gasteiger partial charge >= 0.3 is 5.97 Å². The molecule has 0 bridgehead atoms. The Morgan fingerprint density at radius 3 is 2.31 bits per heavy atom. The maximum Gasteiger partial charge on any atom is 0.335 e. The first kappa shape index (κ1) is 44.2. The van der Waals surface area contributed by atoms with E-state index in [2.05, 4.69) is 52.1 Å². The molecule has 0 radical (unpaired) electrons. The molecule has 314 valence electrons. The molecule has 2 aliphatic heterocycles. The molecule has 59 heavy (non-hydrogen) atoms. The summed E-state index contributed by atoms with van der Waals surface area (Å²) in [6.45, 7) is 9.15. The lowest BCUT2D eigenvalue weighted by molar-refractivity contribution is -0.438. The number of hydrogen-bond acceptors (Lipinski definition) is 10. The van der Waals surface area contributed by atoms with E-state index in [4.69, 9.17) is 5.26 Å². The van der Waals surface area contributed by atoms with Gasteiger partial charge in [-0.2, -0.15) is 21.4 Å². The van der Waals surface area contributed by atoms with Crippen LogP contribution in [-0.2, 0) is 40.4 Å². The predicted octanol–water partition coefficient (Wildman–Crippen LogP) is 8.55. The van der Waals surface area contributed by atoms with Crippen molar-refractivity contribution >= 4 is 60.9 Å². The minimum absolute atomic E-state index is 0.0953. The monoisotopic (exact) mass is 865 g/mol. The molecule has 3 aromatic rings. The topological polar surface area (TPSA) is 191 Å². The Hall–Kier alpha value is -4.39. The Morgan fingerprint density at radius 2 is 1.63 bits per heavy atom. The van der Waals surface area contributed by atoms with Gasteiger partial charge in [-0.05, 0) is 104 Å². The number of carbonyl (C=O) groups is 1. The second kappa shape index (κ2) is 17.7. The number of carboxylic acids is 1. The molecule has 0 unspecified atom stereocenters. The average Bonchev–Trinajstić information content (AvgIpc) is 3.52. The molecular weight excluding hydrogens is 817 g/mol. The van der Waals surface area contributed by atoms with Crippen LogP contribution in [0.2, 0.25) is 0 Å². The van der Waals surface area contributed by atoms with E-state index in [0.717, 1.165) is 70.7 Å². The van der Waals surface area contributed by atoms with Gasteiger partial charge in [-0.15, -0.1) is 4.33 Å². The third-order valence-corrected chi connectivity index (χ3v) is 13.5. The highest BCUT2D eigenvalue weighted by molar-refractivity contribution is 7.94. The first-order chi connectivity index (χ1) is 27.8. The summed E-state index contributed by atoms with van der Waals surface area (Å²) in [5.74, 6) is -0.906. The fraction of sp³-hybridized carbons (Fsp3) is 0.349. The van der Waals surface area contributed by atoms with Crippen LogP contribution in [0.3, 0.4) is 0 Å². The first-order valence-electron chi connectivity index (χ1n) is 19.2. The highest BCUT2D eigenvalue weighted by atomic mass is 32.2. The number of aromatic carboxylic acids is 1. The number of para-hydroxylation sites is 1. The smallest absolute Gasteiger partial charge is 0.335 e. The molecule has 3 aliphatic rings. The SMILES string of the molecule is CC1(C)C(/C=C/C2=C(c3ccc(C(=O)O)cc3)C(=C/C=C3/N(CCCS(=O)(=O)O)c4ccc(S(=O)(=O)O)cc4C3(C)C)/CCC2)=[N+](CCCSOOO)c2ccccc21. The quantitative estimate of drug-likeness (QED) is 0.0268. The Bertz CT molecular complexity index is 2500. The van der Waals surface area contributed by atoms with Gasteiger partial charge in [0.2, 0.25) is 5.69 Å². The zero-order valence-electron chi connectivity index (χ0n) is 33.3. The Labute approximate surface area is 349 Å². The van der Waals surface area contributed by atoms with E-state index >= 15 is 0 Å². The summed E-state index contributed by atoms with van der Waals surface area (Å²) in [5, 5.41) is 22.0. The lowest BCUT2D eigenvalue weighted by Crippen LogP contribution is -2.28. The zero-order chi connectivity index (χ0) is 42.8. The normalized spacial score (nSPS) is 19.0. The number of rotatable bonds is 16. The van der Waals surface area contributed by atoms with E-state index < -0.39 is 37.4 Å². The van der Waals surface area contributed by atoms with Crippen molar-refractivity contribution in [2.45, 2.75) is 75.5 Å². The van der Waals surface area contributed by atoms with Crippen molar-refractivity contribution in [3.05, 3.63) is 130 Å². The van der Waals surface area contributed by atoms with E-state index in [0.29, 0.717) is 30.0 Å². The Morgan fingerprint density at radius 1 is 0.898 bits per heavy atom. The summed E-state index contributed by atoms with van der Waals surface area (Å²) in [4.78, 5) is 13.5. The third kappa shape index (κ3) is 9.66. The molecule has 2 heterocycles. The van der Waals surface area contributed by atoms with Crippen molar-refractivity contribution < 1.29 is 55.0 Å². The molecular formula is C43H49N2O11S3+. The number of hydrogen-bond donors (Lipinski definition) is 4. The van der Waals surface area contributed by atoms with Gasteiger partial charge in [-0.3, -0.25) is 9.11 Å². The largest absolute Gasteiger partial charge is 0.478 e. The van der Waals surface area contributed by atoms with E-state index in [1.54, 1.807) is 18.2 Å². The van der Waals surface area contributed by atoms with Crippen molar-refractivity contribution in [2.24, 2.45) is 0 Å². The molecule has 13 nitrogen and oxygen atoms in total. The van der Waals surface area contributed by atoms with Crippen molar-refractivity contribution in [1.82, 2.24) is 0 Å². The fourth-order valence-corrected chi connectivity index (χ4v) is 9.81. The molecule has 0 amide bonds. The van der Waals surface area contributed by atoms with Gasteiger partial charge in [0.15, 0.2) is 5.71 Å². The summed E-state index contributed by atoms with van der Waals surface area (Å²) < 4.78 is 74.0. The van der Waals surface area contributed by atoms with E-state index in [-0.39, 0.29) is 28.8 Å². The number of nitrogens with zero attached hydrogens (tertiary/aromatic N) is 2. The minimum atomic E-state index is -4.51. The van der Waals surface area contributed by atoms with Gasteiger partial charge in [0, 0.05) is 65.3 Å². The minimum Gasteiger partial charge on any atom is -0.478 e. The van der Waals surface area contributed by atoms with E-state index in [1.165, 1.54) is 17.7 Å². The van der Waals surface area contributed by atoms with Crippen LogP contribution in [0.5, 0.6) is 0 Å². The molecule has 16 heteroatoms. The molecule has 3 aromatic carbocycles. The Balaban J connectivity index is 1.47. The molecule has 0 spiro atoms. The summed E-state index contributed by atoms with van der Waals surface area (Å²) in [7, 11) is -8.75. The standard InChI is InChI=1S/C43H48N2O11S3/c1-42(2)34-12-5-6-13-36(34)44(24-8-26-57-56-55-48)38(42)22-18-29-10-7-11-30(40(29)31-14-16-32(17-15-31)41(46)47)19-23-39-43(3,4)35-28-33(59(52,53)54)20-21-37(35)45(39)25-9-27-58(49,50)51/h5-6,12-23,28H,7-11,24-27H2,1-4H3,(H3-,46,47,48,49,50,51,52,53,54)/p+1. The molecule has 4 N–H and O–H groups in total. The van der Waals surface area contributed by atoms with Gasteiger partial charge in [0.25, 0.3) is 20.2 Å². The molecule has 0 saturated carbocycles. The fourth-order valence-electron chi connectivity index (χ4n) is 8.45. The maximum absolute atomic E-state index is 12.2. The second-order valence-corrected chi connectivity index (χ2v) is 19.6. The van der Waals surface area contributed by atoms with Gasteiger partial charge in [0.1, 0.15) is 6.54 Å². The van der Waals surface area contributed by atoms with Crippen LogP contribution in [0.25, 0.3) is 5.57 Å². The predicted molar refractivity (Wildman–Crippen MR) is 228 cm³/mol. The molecule has 0 fully saturated rings. The van der Waals surface area contributed by atoms with Crippen LogP contribution in [0.15, 0.2) is 113 Å². The first-order valence-corrected chi connectivity index (χ1v) is 23.2. The van der Waals surface area contributed by atoms with Crippen LogP contribution < -0.4 is 4.90 Å². The van der Waals surface area contributed by atoms with Crippen molar-refractivity contribution in [3.8, 4) is 0 Å². The maximum atomic E-state index is 12.2. The van der Waals surface area contributed by atoms with Crippen LogP contribution >= 0.6 is 12.0 Å². The molecule has 1 aliphatic carbocycles. The van der Waals surface area contributed by atoms with Crippen molar-refractivity contribution in [1.29, 1.82) is 0 Å². The van der Waals surface area contributed by atoms with Crippen molar-refractivity contribution in [3.63, 3.8) is 0 Å². The summed E-state index contributed by atoms with van der Waals surface area (Å²) >= 11 is 1.02. The lowest BCUT2D eigenvalue weighted by atomic mass is 9.79. The zero-order valence-corrected chi connectivity index (χ0v) is 35.7. The van der Waals surface area contributed by atoms with Gasteiger partial charge in [0.05, 0.1) is 21.6 Å². The van der Waals surface area contributed by atoms with Crippen LogP contribution in [0, 0.1) is 0 Å². The highest BCUT2D eigenvalue weighted by Crippen LogP contribution is 2.49. The molecule has 0 aromatic heterocycles. The number of allylic oxidation sites excluding steroid dienone is 8. The van der Waals surface area contributed by atoms with Crippen LogP contribution in [0.4, 0.5) is 11.4 Å².